The van der Waals surface area contributed by atoms with Crippen LogP contribution < -0.4 is 5.32 Å². The monoisotopic (exact) mass is 357 g/mol. The number of likely N-dealkylation sites (N-methyl/N-ethyl adjacent to an activating group) is 1. The second-order valence-corrected chi connectivity index (χ2v) is 6.08. The molecule has 0 spiro atoms. The number of para-hydroxylation sites is 1. The number of hydrogen-bond donors (Lipinski definition) is 3. The van der Waals surface area contributed by atoms with Gasteiger partial charge in [-0.05, 0) is 25.0 Å². The predicted molar refractivity (Wildman–Crippen MR) is 103 cm³/mol. The van der Waals surface area contributed by atoms with Crippen molar-refractivity contribution in [3.05, 3.63) is 46.9 Å². The fraction of sp³-hybridized carbons (Fsp3) is 0.400. The van der Waals surface area contributed by atoms with Crippen molar-refractivity contribution in [3.63, 3.8) is 0 Å². The van der Waals surface area contributed by atoms with Gasteiger partial charge in [-0.15, -0.1) is 0 Å². The number of aromatic nitrogens is 1. The molecule has 26 heavy (non-hydrogen) atoms. The second-order valence-electron chi connectivity index (χ2n) is 6.08. The Kier molecular flexibility index (Phi) is 6.21. The van der Waals surface area contributed by atoms with Crippen LogP contribution >= 0.6 is 0 Å². The van der Waals surface area contributed by atoms with Gasteiger partial charge in [0.25, 0.3) is 5.91 Å². The molecular formula is C20H27N3O3. The van der Waals surface area contributed by atoms with Crippen molar-refractivity contribution in [2.45, 2.75) is 40.2 Å². The molecule has 140 valence electrons. The molecule has 1 aromatic carbocycles. The van der Waals surface area contributed by atoms with Crippen molar-refractivity contribution in [2.24, 2.45) is 0 Å². The van der Waals surface area contributed by atoms with Gasteiger partial charge in [0.2, 0.25) is 5.91 Å². The number of H-pyrrole nitrogens is 1. The summed E-state index contributed by atoms with van der Waals surface area (Å²) in [6, 6.07) is 7.50. The molecule has 0 bridgehead atoms. The molecule has 6 heteroatoms. The molecule has 2 heterocycles. The summed E-state index contributed by atoms with van der Waals surface area (Å²) in [5, 5.41) is 14.5. The lowest BCUT2D eigenvalue weighted by Gasteiger charge is -2.28. The van der Waals surface area contributed by atoms with Crippen LogP contribution in [0.2, 0.25) is 0 Å². The van der Waals surface area contributed by atoms with E-state index < -0.39 is 11.9 Å². The van der Waals surface area contributed by atoms with E-state index in [2.05, 4.69) is 10.3 Å². The molecule has 1 aromatic heterocycles. The van der Waals surface area contributed by atoms with Crippen LogP contribution in [0.3, 0.4) is 0 Å². The van der Waals surface area contributed by atoms with Crippen LogP contribution in [0, 0.1) is 0 Å². The van der Waals surface area contributed by atoms with E-state index in [4.69, 9.17) is 0 Å². The van der Waals surface area contributed by atoms with E-state index in [0.29, 0.717) is 6.54 Å². The van der Waals surface area contributed by atoms with Gasteiger partial charge in [0.1, 0.15) is 0 Å². The van der Waals surface area contributed by atoms with Crippen molar-refractivity contribution < 1.29 is 14.7 Å². The summed E-state index contributed by atoms with van der Waals surface area (Å²) in [7, 11) is 1.42. The van der Waals surface area contributed by atoms with Gasteiger partial charge in [-0.2, -0.15) is 0 Å². The number of rotatable bonds is 2. The van der Waals surface area contributed by atoms with Gasteiger partial charge >= 0.3 is 0 Å². The highest BCUT2D eigenvalue weighted by atomic mass is 16.3. The number of carbonyl (C=O) groups is 2. The maximum Gasteiger partial charge on any atom is 0.261 e. The number of imide groups is 1. The molecule has 3 rings (SSSR count). The van der Waals surface area contributed by atoms with Gasteiger partial charge in [-0.3, -0.25) is 14.5 Å². The molecule has 0 saturated heterocycles. The lowest BCUT2D eigenvalue weighted by Crippen LogP contribution is -2.40. The average molecular weight is 357 g/mol. The predicted octanol–water partition coefficient (Wildman–Crippen LogP) is 3.22. The normalized spacial score (nSPS) is 16.9. The third-order valence-corrected chi connectivity index (χ3v) is 4.54. The number of fused-ring (bicyclic) bond motifs is 3. The first-order valence-corrected chi connectivity index (χ1v) is 8.93. The van der Waals surface area contributed by atoms with Crippen LogP contribution in [0.1, 0.15) is 45.0 Å². The summed E-state index contributed by atoms with van der Waals surface area (Å²) >= 11 is 0. The minimum absolute atomic E-state index is 0.0860. The van der Waals surface area contributed by atoms with E-state index in [1.54, 1.807) is 0 Å². The third kappa shape index (κ3) is 3.51. The smallest absolute Gasteiger partial charge is 0.261 e. The standard InChI is InChI=1S/C18H21N3O3.C2H6/c1-10(22)15(18(24)21(3)11(2)23)17-16-13(8-9-19-17)12-6-4-5-7-14(12)20-16;1-2/h4-7,17,19-20,22H,8-9H2,1-3H3;1-2H3/b15-10+;. The quantitative estimate of drug-likeness (QED) is 0.569. The van der Waals surface area contributed by atoms with Gasteiger partial charge < -0.3 is 15.4 Å². The molecule has 2 aromatic rings. The number of aromatic amines is 1. The minimum atomic E-state index is -0.494. The van der Waals surface area contributed by atoms with Gasteiger partial charge in [0, 0.05) is 37.1 Å². The fourth-order valence-corrected chi connectivity index (χ4v) is 3.24. The second kappa shape index (κ2) is 8.19. The van der Waals surface area contributed by atoms with Gasteiger partial charge in [-0.25, -0.2) is 0 Å². The molecule has 3 N–H and O–H groups in total. The van der Waals surface area contributed by atoms with Gasteiger partial charge in [-0.1, -0.05) is 32.0 Å². The molecule has 1 atom stereocenters. The number of aliphatic hydroxyl groups is 1. The highest BCUT2D eigenvalue weighted by Crippen LogP contribution is 2.34. The van der Waals surface area contributed by atoms with E-state index in [9.17, 15) is 14.7 Å². The third-order valence-electron chi connectivity index (χ3n) is 4.54. The van der Waals surface area contributed by atoms with Crippen molar-refractivity contribution in [1.82, 2.24) is 15.2 Å². The van der Waals surface area contributed by atoms with Crippen LogP contribution in [0.15, 0.2) is 35.6 Å². The molecule has 1 aliphatic heterocycles. The maximum atomic E-state index is 12.7. The van der Waals surface area contributed by atoms with Crippen molar-refractivity contribution >= 4 is 22.7 Å². The number of allylic oxidation sites excluding steroid dienone is 1. The summed E-state index contributed by atoms with van der Waals surface area (Å²) in [5.41, 5.74) is 3.21. The van der Waals surface area contributed by atoms with E-state index in [-0.39, 0.29) is 17.2 Å². The van der Waals surface area contributed by atoms with Gasteiger partial charge in [0.05, 0.1) is 17.4 Å². The molecule has 0 fully saturated rings. The molecule has 0 radical (unpaired) electrons. The molecule has 1 unspecified atom stereocenters. The number of nitrogens with one attached hydrogen (secondary N) is 2. The Balaban J connectivity index is 0.00000117. The minimum Gasteiger partial charge on any atom is -0.512 e. The molecule has 1 aliphatic rings. The largest absolute Gasteiger partial charge is 0.512 e. The lowest BCUT2D eigenvalue weighted by atomic mass is 9.93. The first-order chi connectivity index (χ1) is 12.4. The molecule has 6 nitrogen and oxygen atoms in total. The number of aliphatic hydroxyl groups excluding tert-OH is 1. The van der Waals surface area contributed by atoms with E-state index in [0.717, 1.165) is 33.5 Å². The Bertz CT molecular complexity index is 847. The van der Waals surface area contributed by atoms with Crippen molar-refractivity contribution in [3.8, 4) is 0 Å². The number of nitrogens with zero attached hydrogens (tertiary/aromatic N) is 1. The maximum absolute atomic E-state index is 12.7. The zero-order chi connectivity index (χ0) is 19.4. The Morgan fingerprint density at radius 1 is 1.19 bits per heavy atom. The van der Waals surface area contributed by atoms with Crippen LogP contribution in [-0.2, 0) is 16.0 Å². The highest BCUT2D eigenvalue weighted by molar-refractivity contribution is 6.04. The summed E-state index contributed by atoms with van der Waals surface area (Å²) in [4.78, 5) is 28.6. The van der Waals surface area contributed by atoms with E-state index in [1.807, 2.05) is 38.1 Å². The van der Waals surface area contributed by atoms with Crippen LogP contribution in [0.25, 0.3) is 10.9 Å². The first-order valence-electron chi connectivity index (χ1n) is 8.93. The zero-order valence-electron chi connectivity index (χ0n) is 16.0. The van der Waals surface area contributed by atoms with Crippen molar-refractivity contribution in [1.29, 1.82) is 0 Å². The molecule has 2 amide bonds. The summed E-state index contributed by atoms with van der Waals surface area (Å²) in [6.45, 7) is 7.48. The average Bonchev–Trinajstić information content (AvgIpc) is 3.02. The Morgan fingerprint density at radius 2 is 1.85 bits per heavy atom. The Hall–Kier alpha value is -2.60. The number of hydrogen-bond acceptors (Lipinski definition) is 4. The number of carbonyl (C=O) groups excluding carboxylic acids is 2. The first kappa shape index (κ1) is 19.7. The summed E-state index contributed by atoms with van der Waals surface area (Å²) in [5.74, 6) is -0.949. The number of amides is 2. The molecule has 0 saturated carbocycles. The van der Waals surface area contributed by atoms with Crippen LogP contribution in [0.5, 0.6) is 0 Å². The zero-order valence-corrected chi connectivity index (χ0v) is 16.0. The SMILES string of the molecule is CC.CC(=O)N(C)C(=O)/C(=C(\C)O)C1NCCc2c1[nH]c1ccccc21. The topological polar surface area (TPSA) is 85.4 Å². The Labute approximate surface area is 153 Å². The lowest BCUT2D eigenvalue weighted by molar-refractivity contribution is -0.139. The number of benzene rings is 1. The summed E-state index contributed by atoms with van der Waals surface area (Å²) < 4.78 is 0. The highest BCUT2D eigenvalue weighted by Gasteiger charge is 2.33. The van der Waals surface area contributed by atoms with E-state index >= 15 is 0 Å². The van der Waals surface area contributed by atoms with Crippen LogP contribution in [0.4, 0.5) is 0 Å². The molecular weight excluding hydrogens is 330 g/mol. The van der Waals surface area contributed by atoms with Crippen molar-refractivity contribution in [2.75, 3.05) is 13.6 Å². The van der Waals surface area contributed by atoms with Crippen LogP contribution in [-0.4, -0.2) is 40.4 Å². The fourth-order valence-electron chi connectivity index (χ4n) is 3.24. The summed E-state index contributed by atoms with van der Waals surface area (Å²) in [6.07, 6.45) is 0.838. The Morgan fingerprint density at radius 3 is 2.46 bits per heavy atom. The molecule has 0 aliphatic carbocycles. The van der Waals surface area contributed by atoms with E-state index in [1.165, 1.54) is 20.9 Å². The van der Waals surface area contributed by atoms with Gasteiger partial charge in [0.15, 0.2) is 0 Å².